The number of hydrogen-bond acceptors (Lipinski definition) is 2. The maximum Gasteiger partial charge on any atom is 0.194 e. The maximum atomic E-state index is 6.15. The van der Waals surface area contributed by atoms with Gasteiger partial charge in [-0.1, -0.05) is 98.8 Å². The Morgan fingerprint density at radius 3 is 1.90 bits per heavy atom. The maximum absolute atomic E-state index is 6.15. The zero-order valence-electron chi connectivity index (χ0n) is 18.2. The molecule has 0 aliphatic carbocycles. The summed E-state index contributed by atoms with van der Waals surface area (Å²) < 4.78 is 6.15. The smallest absolute Gasteiger partial charge is 0.194 e. The first-order valence-electron chi connectivity index (χ1n) is 10.7. The van der Waals surface area contributed by atoms with E-state index in [-0.39, 0.29) is 11.5 Å². The molecule has 3 heteroatoms. The zero-order chi connectivity index (χ0) is 21.1. The van der Waals surface area contributed by atoms with Gasteiger partial charge in [0.05, 0.1) is 11.5 Å². The Morgan fingerprint density at radius 1 is 0.833 bits per heavy atom. The summed E-state index contributed by atoms with van der Waals surface area (Å²) in [5.41, 5.74) is 1.01. The van der Waals surface area contributed by atoms with Gasteiger partial charge in [0.15, 0.2) is 5.90 Å². The third-order valence-corrected chi connectivity index (χ3v) is 8.33. The quantitative estimate of drug-likeness (QED) is 0.509. The van der Waals surface area contributed by atoms with Crippen molar-refractivity contribution in [3.63, 3.8) is 0 Å². The lowest BCUT2D eigenvalue weighted by atomic mass is 9.84. The average molecular weight is 416 g/mol. The molecule has 0 amide bonds. The molecule has 0 spiro atoms. The SMILES string of the molecule is CC(C)[C@H]1COC(C(C)(C)c2ccccc2P(c2ccccc2)c2ccccc2)=N1. The van der Waals surface area contributed by atoms with Crippen LogP contribution in [0.2, 0.25) is 0 Å². The predicted octanol–water partition coefficient (Wildman–Crippen LogP) is 5.18. The minimum atomic E-state index is -0.680. The first kappa shape index (κ1) is 20.8. The van der Waals surface area contributed by atoms with Gasteiger partial charge in [0.25, 0.3) is 0 Å². The van der Waals surface area contributed by atoms with Crippen molar-refractivity contribution >= 4 is 29.7 Å². The molecule has 0 bridgehead atoms. The lowest BCUT2D eigenvalue weighted by Gasteiger charge is -2.30. The van der Waals surface area contributed by atoms with E-state index in [1.54, 1.807) is 0 Å². The van der Waals surface area contributed by atoms with Crippen molar-refractivity contribution in [3.8, 4) is 0 Å². The topological polar surface area (TPSA) is 21.6 Å². The fourth-order valence-electron chi connectivity index (χ4n) is 3.97. The first-order chi connectivity index (χ1) is 14.5. The molecule has 1 aliphatic rings. The van der Waals surface area contributed by atoms with Gasteiger partial charge in [-0.15, -0.1) is 0 Å². The van der Waals surface area contributed by atoms with Crippen molar-refractivity contribution in [1.29, 1.82) is 0 Å². The van der Waals surface area contributed by atoms with E-state index >= 15 is 0 Å². The van der Waals surface area contributed by atoms with Crippen LogP contribution in [0.3, 0.4) is 0 Å². The van der Waals surface area contributed by atoms with Gasteiger partial charge >= 0.3 is 0 Å². The fourth-order valence-corrected chi connectivity index (χ4v) is 6.59. The van der Waals surface area contributed by atoms with E-state index in [4.69, 9.17) is 9.73 Å². The van der Waals surface area contributed by atoms with Gasteiger partial charge in [0, 0.05) is 0 Å². The average Bonchev–Trinajstić information content (AvgIpc) is 3.28. The molecule has 0 radical (unpaired) electrons. The molecule has 30 heavy (non-hydrogen) atoms. The number of ether oxygens (including phenoxy) is 1. The van der Waals surface area contributed by atoms with Crippen molar-refractivity contribution < 1.29 is 4.74 Å². The van der Waals surface area contributed by atoms with Gasteiger partial charge in [-0.2, -0.15) is 0 Å². The van der Waals surface area contributed by atoms with E-state index in [0.29, 0.717) is 12.5 Å². The molecular formula is C27H30NOP. The third kappa shape index (κ3) is 4.07. The molecule has 2 nitrogen and oxygen atoms in total. The van der Waals surface area contributed by atoms with E-state index in [9.17, 15) is 0 Å². The minimum Gasteiger partial charge on any atom is -0.478 e. The standard InChI is InChI=1S/C27H30NOP/c1-20(2)24-19-29-26(28-24)27(3,4)23-17-11-12-18-25(23)30(21-13-7-5-8-14-21)22-15-9-6-10-16-22/h5-18,20,24H,19H2,1-4H3/t24-/m1/s1. The van der Waals surface area contributed by atoms with Crippen molar-refractivity contribution in [2.45, 2.75) is 39.2 Å². The first-order valence-corrected chi connectivity index (χ1v) is 12.0. The van der Waals surface area contributed by atoms with Gasteiger partial charge in [-0.25, -0.2) is 4.99 Å². The molecule has 1 atom stereocenters. The molecule has 4 rings (SSSR count). The second-order valence-electron chi connectivity index (χ2n) is 8.71. The highest BCUT2D eigenvalue weighted by atomic mass is 31.1. The van der Waals surface area contributed by atoms with Crippen molar-refractivity contribution in [2.75, 3.05) is 6.61 Å². The van der Waals surface area contributed by atoms with Crippen molar-refractivity contribution in [1.82, 2.24) is 0 Å². The van der Waals surface area contributed by atoms with E-state index in [2.05, 4.69) is 113 Å². The summed E-state index contributed by atoms with van der Waals surface area (Å²) in [4.78, 5) is 4.98. The van der Waals surface area contributed by atoms with Crippen molar-refractivity contribution in [2.24, 2.45) is 10.9 Å². The van der Waals surface area contributed by atoms with E-state index in [1.165, 1.54) is 21.5 Å². The summed E-state index contributed by atoms with van der Waals surface area (Å²) in [7, 11) is -0.680. The number of aliphatic imine (C=N–C) groups is 1. The Kier molecular flexibility index (Phi) is 6.06. The summed E-state index contributed by atoms with van der Waals surface area (Å²) in [5, 5.41) is 4.08. The molecular weight excluding hydrogens is 385 g/mol. The van der Waals surface area contributed by atoms with Crippen LogP contribution in [0.4, 0.5) is 0 Å². The van der Waals surface area contributed by atoms with Crippen LogP contribution in [0.25, 0.3) is 0 Å². The van der Waals surface area contributed by atoms with Crippen LogP contribution in [0.1, 0.15) is 33.3 Å². The molecule has 0 saturated carbocycles. The highest BCUT2D eigenvalue weighted by molar-refractivity contribution is 7.79. The second-order valence-corrected chi connectivity index (χ2v) is 10.9. The molecule has 1 heterocycles. The summed E-state index contributed by atoms with van der Waals surface area (Å²) in [6, 6.07) is 30.8. The Labute approximate surface area is 181 Å². The summed E-state index contributed by atoms with van der Waals surface area (Å²) in [6.45, 7) is 9.61. The highest BCUT2D eigenvalue weighted by Crippen LogP contribution is 2.38. The Balaban J connectivity index is 1.84. The van der Waals surface area contributed by atoms with Gasteiger partial charge in [0.2, 0.25) is 0 Å². The normalized spacial score (nSPS) is 16.6. The fraction of sp³-hybridized carbons (Fsp3) is 0.296. The summed E-state index contributed by atoms with van der Waals surface area (Å²) >= 11 is 0. The predicted molar refractivity (Wildman–Crippen MR) is 130 cm³/mol. The van der Waals surface area contributed by atoms with Crippen LogP contribution in [0, 0.1) is 5.92 Å². The summed E-state index contributed by atoms with van der Waals surface area (Å²) in [5.74, 6) is 1.35. The van der Waals surface area contributed by atoms with Crippen LogP contribution in [0.5, 0.6) is 0 Å². The van der Waals surface area contributed by atoms with E-state index in [0.717, 1.165) is 5.90 Å². The van der Waals surface area contributed by atoms with Crippen LogP contribution >= 0.6 is 7.92 Å². The molecule has 0 fully saturated rings. The summed E-state index contributed by atoms with van der Waals surface area (Å²) in [6.07, 6.45) is 0. The van der Waals surface area contributed by atoms with E-state index in [1.807, 2.05) is 0 Å². The van der Waals surface area contributed by atoms with Crippen LogP contribution in [-0.4, -0.2) is 18.5 Å². The molecule has 3 aromatic carbocycles. The molecule has 3 aromatic rings. The van der Waals surface area contributed by atoms with Crippen LogP contribution < -0.4 is 15.9 Å². The molecule has 0 aromatic heterocycles. The second kappa shape index (κ2) is 8.74. The Hall–Kier alpha value is -2.44. The van der Waals surface area contributed by atoms with Gasteiger partial charge < -0.3 is 4.74 Å². The van der Waals surface area contributed by atoms with Gasteiger partial charge in [-0.05, 0) is 49.2 Å². The highest BCUT2D eigenvalue weighted by Gasteiger charge is 2.37. The van der Waals surface area contributed by atoms with Crippen LogP contribution in [0.15, 0.2) is 89.9 Å². The van der Waals surface area contributed by atoms with Gasteiger partial charge in [0.1, 0.15) is 6.61 Å². The van der Waals surface area contributed by atoms with Crippen molar-refractivity contribution in [3.05, 3.63) is 90.5 Å². The Bertz CT molecular complexity index is 972. The zero-order valence-corrected chi connectivity index (χ0v) is 19.1. The lowest BCUT2D eigenvalue weighted by Crippen LogP contribution is -2.36. The minimum absolute atomic E-state index is 0.246. The number of rotatable bonds is 6. The lowest BCUT2D eigenvalue weighted by molar-refractivity contribution is 0.274. The molecule has 0 unspecified atom stereocenters. The Morgan fingerprint density at radius 2 is 1.37 bits per heavy atom. The monoisotopic (exact) mass is 415 g/mol. The molecule has 154 valence electrons. The number of hydrogen-bond donors (Lipinski definition) is 0. The van der Waals surface area contributed by atoms with Gasteiger partial charge in [-0.3, -0.25) is 0 Å². The number of nitrogens with zero attached hydrogens (tertiary/aromatic N) is 1. The molecule has 0 saturated heterocycles. The number of benzene rings is 3. The molecule has 0 N–H and O–H groups in total. The largest absolute Gasteiger partial charge is 0.478 e. The third-order valence-electron chi connectivity index (χ3n) is 5.83. The molecule has 1 aliphatic heterocycles. The van der Waals surface area contributed by atoms with Crippen LogP contribution in [-0.2, 0) is 10.2 Å². The van der Waals surface area contributed by atoms with E-state index < -0.39 is 7.92 Å².